The quantitative estimate of drug-likeness (QED) is 0.548. The van der Waals surface area contributed by atoms with Crippen molar-refractivity contribution < 1.29 is 19.1 Å². The van der Waals surface area contributed by atoms with E-state index in [0.717, 1.165) is 5.56 Å². The van der Waals surface area contributed by atoms with Gasteiger partial charge in [-0.1, -0.05) is 30.3 Å². The van der Waals surface area contributed by atoms with Crippen molar-refractivity contribution in [1.82, 2.24) is 9.88 Å². The van der Waals surface area contributed by atoms with Crippen molar-refractivity contribution in [3.05, 3.63) is 89.9 Å². The molecule has 1 aromatic heterocycles. The Morgan fingerprint density at radius 2 is 1.75 bits per heavy atom. The molecule has 0 aliphatic carbocycles. The van der Waals surface area contributed by atoms with Crippen LogP contribution in [-0.2, 0) is 16.1 Å². The molecule has 2 heterocycles. The monoisotopic (exact) mass is 429 g/mol. The Labute approximate surface area is 186 Å². The van der Waals surface area contributed by atoms with Crippen LogP contribution < -0.4 is 14.8 Å². The van der Waals surface area contributed by atoms with Gasteiger partial charge in [-0.15, -0.1) is 0 Å². The lowest BCUT2D eigenvalue weighted by Crippen LogP contribution is -2.32. The summed E-state index contributed by atoms with van der Waals surface area (Å²) in [6.45, 7) is 2.57. The standard InChI is InChI=1S/C25H23N3O4/c1-3-32-19-12-10-18(11-13-19)22-23(27-20-8-4-5-9-21(20)31-2)25(30)28(24(22)29)16-17-7-6-14-26-15-17/h4-15,27H,3,16H2,1-2H3. The number of hydrogen-bond acceptors (Lipinski definition) is 6. The van der Waals surface area contributed by atoms with Crippen LogP contribution in [0.1, 0.15) is 18.1 Å². The van der Waals surface area contributed by atoms with Crippen LogP contribution in [0.5, 0.6) is 11.5 Å². The van der Waals surface area contributed by atoms with Crippen LogP contribution in [0, 0.1) is 0 Å². The maximum absolute atomic E-state index is 13.4. The summed E-state index contributed by atoms with van der Waals surface area (Å²) in [4.78, 5) is 32.1. The summed E-state index contributed by atoms with van der Waals surface area (Å²) in [7, 11) is 1.55. The molecule has 1 aliphatic heterocycles. The molecule has 7 nitrogen and oxygen atoms in total. The fourth-order valence-electron chi connectivity index (χ4n) is 3.54. The first-order chi connectivity index (χ1) is 15.6. The molecule has 0 radical (unpaired) electrons. The molecule has 0 fully saturated rings. The number of rotatable bonds is 8. The van der Waals surface area contributed by atoms with Crippen LogP contribution in [0.2, 0.25) is 0 Å². The van der Waals surface area contributed by atoms with Crippen LogP contribution in [0.15, 0.2) is 78.8 Å². The fraction of sp³-hybridized carbons (Fsp3) is 0.160. The number of para-hydroxylation sites is 2. The number of hydrogen-bond donors (Lipinski definition) is 1. The van der Waals surface area contributed by atoms with Crippen molar-refractivity contribution in [2.45, 2.75) is 13.5 Å². The minimum absolute atomic E-state index is 0.128. The molecule has 7 heteroatoms. The molecule has 0 spiro atoms. The Balaban J connectivity index is 1.75. The number of nitrogens with zero attached hydrogens (tertiary/aromatic N) is 2. The summed E-state index contributed by atoms with van der Waals surface area (Å²) in [5.74, 6) is 0.478. The van der Waals surface area contributed by atoms with Crippen LogP contribution >= 0.6 is 0 Å². The molecule has 2 amide bonds. The predicted molar refractivity (Wildman–Crippen MR) is 121 cm³/mol. The molecule has 162 valence electrons. The van der Waals surface area contributed by atoms with Crippen LogP contribution in [-0.4, -0.2) is 35.4 Å². The van der Waals surface area contributed by atoms with Crippen molar-refractivity contribution in [1.29, 1.82) is 0 Å². The number of carbonyl (C=O) groups is 2. The molecule has 0 saturated carbocycles. The highest BCUT2D eigenvalue weighted by atomic mass is 16.5. The number of aromatic nitrogens is 1. The first kappa shape index (κ1) is 21.1. The van der Waals surface area contributed by atoms with Crippen LogP contribution in [0.4, 0.5) is 5.69 Å². The number of nitrogens with one attached hydrogen (secondary N) is 1. The normalized spacial score (nSPS) is 13.5. The van der Waals surface area contributed by atoms with E-state index < -0.39 is 5.91 Å². The summed E-state index contributed by atoms with van der Waals surface area (Å²) in [6.07, 6.45) is 3.29. The number of pyridine rings is 1. The Morgan fingerprint density at radius 1 is 0.969 bits per heavy atom. The molecule has 0 unspecified atom stereocenters. The average molecular weight is 429 g/mol. The first-order valence-electron chi connectivity index (χ1n) is 10.2. The van der Waals surface area contributed by atoms with Gasteiger partial charge in [0.05, 0.1) is 31.5 Å². The van der Waals surface area contributed by atoms with Gasteiger partial charge >= 0.3 is 0 Å². The maximum atomic E-state index is 13.4. The topological polar surface area (TPSA) is 80.8 Å². The third-order valence-electron chi connectivity index (χ3n) is 5.05. The highest BCUT2D eigenvalue weighted by Gasteiger charge is 2.39. The Morgan fingerprint density at radius 3 is 2.44 bits per heavy atom. The third-order valence-corrected chi connectivity index (χ3v) is 5.05. The van der Waals surface area contributed by atoms with Gasteiger partial charge < -0.3 is 14.8 Å². The summed E-state index contributed by atoms with van der Waals surface area (Å²) in [5.41, 5.74) is 2.48. The van der Waals surface area contributed by atoms with Gasteiger partial charge in [0.2, 0.25) is 0 Å². The number of ether oxygens (including phenoxy) is 2. The first-order valence-corrected chi connectivity index (χ1v) is 10.2. The van der Waals surface area contributed by atoms with E-state index in [9.17, 15) is 9.59 Å². The molecule has 3 aromatic rings. The summed E-state index contributed by atoms with van der Waals surface area (Å²) in [6, 6.07) is 18.0. The van der Waals surface area contributed by atoms with E-state index in [4.69, 9.17) is 9.47 Å². The van der Waals surface area contributed by atoms with Gasteiger partial charge in [0, 0.05) is 12.4 Å². The Bertz CT molecular complexity index is 1160. The number of benzene rings is 2. The van der Waals surface area contributed by atoms with E-state index in [1.54, 1.807) is 62.0 Å². The van der Waals surface area contributed by atoms with Crippen molar-refractivity contribution in [2.75, 3.05) is 19.0 Å². The second-order valence-electron chi connectivity index (χ2n) is 7.09. The van der Waals surface area contributed by atoms with Crippen molar-refractivity contribution in [3.8, 4) is 11.5 Å². The minimum atomic E-state index is -0.409. The van der Waals surface area contributed by atoms with Crippen molar-refractivity contribution >= 4 is 23.1 Å². The molecule has 32 heavy (non-hydrogen) atoms. The lowest BCUT2D eigenvalue weighted by atomic mass is 10.0. The zero-order valence-electron chi connectivity index (χ0n) is 17.9. The molecule has 4 rings (SSSR count). The van der Waals surface area contributed by atoms with Crippen molar-refractivity contribution in [2.24, 2.45) is 0 Å². The Hall–Kier alpha value is -4.13. The number of carbonyl (C=O) groups excluding carboxylic acids is 2. The van der Waals surface area contributed by atoms with Gasteiger partial charge in [-0.2, -0.15) is 0 Å². The van der Waals surface area contributed by atoms with Crippen LogP contribution in [0.25, 0.3) is 5.57 Å². The zero-order chi connectivity index (χ0) is 22.5. The number of anilines is 1. The second-order valence-corrected chi connectivity index (χ2v) is 7.09. The van der Waals surface area contributed by atoms with Gasteiger partial charge in [0.1, 0.15) is 17.2 Å². The molecule has 0 bridgehead atoms. The molecule has 1 N–H and O–H groups in total. The highest BCUT2D eigenvalue weighted by molar-refractivity contribution is 6.36. The minimum Gasteiger partial charge on any atom is -0.495 e. The molecule has 1 aliphatic rings. The largest absolute Gasteiger partial charge is 0.495 e. The van der Waals surface area contributed by atoms with E-state index in [-0.39, 0.29) is 18.1 Å². The molecular formula is C25H23N3O4. The van der Waals surface area contributed by atoms with Crippen LogP contribution in [0.3, 0.4) is 0 Å². The zero-order valence-corrected chi connectivity index (χ0v) is 17.9. The fourth-order valence-corrected chi connectivity index (χ4v) is 3.54. The SMILES string of the molecule is CCOc1ccc(C2=C(Nc3ccccc3OC)C(=O)N(Cc3cccnc3)C2=O)cc1. The van der Waals surface area contributed by atoms with E-state index >= 15 is 0 Å². The second kappa shape index (κ2) is 9.34. The lowest BCUT2D eigenvalue weighted by molar-refractivity contribution is -0.137. The average Bonchev–Trinajstić information content (AvgIpc) is 3.05. The van der Waals surface area contributed by atoms with Gasteiger partial charge in [-0.05, 0) is 48.4 Å². The third kappa shape index (κ3) is 4.18. The lowest BCUT2D eigenvalue weighted by Gasteiger charge is -2.15. The molecule has 0 atom stereocenters. The van der Waals surface area contributed by atoms with Gasteiger partial charge in [-0.25, -0.2) is 0 Å². The van der Waals surface area contributed by atoms with Gasteiger partial charge in [0.15, 0.2) is 0 Å². The molecule has 2 aromatic carbocycles. The van der Waals surface area contributed by atoms with E-state index in [0.29, 0.717) is 34.9 Å². The number of imide groups is 1. The summed E-state index contributed by atoms with van der Waals surface area (Å²) >= 11 is 0. The predicted octanol–water partition coefficient (Wildman–Crippen LogP) is 3.88. The van der Waals surface area contributed by atoms with E-state index in [2.05, 4.69) is 10.3 Å². The maximum Gasteiger partial charge on any atom is 0.278 e. The van der Waals surface area contributed by atoms with Gasteiger partial charge in [-0.3, -0.25) is 19.5 Å². The van der Waals surface area contributed by atoms with Crippen molar-refractivity contribution in [3.63, 3.8) is 0 Å². The summed E-state index contributed by atoms with van der Waals surface area (Å²) in [5, 5.41) is 3.14. The number of methoxy groups -OCH3 is 1. The highest BCUT2D eigenvalue weighted by Crippen LogP contribution is 2.34. The van der Waals surface area contributed by atoms with E-state index in [1.807, 2.05) is 25.1 Å². The number of amides is 2. The summed E-state index contributed by atoms with van der Waals surface area (Å²) < 4.78 is 10.9. The molecule has 0 saturated heterocycles. The Kier molecular flexibility index (Phi) is 6.17. The molecular weight excluding hydrogens is 406 g/mol. The van der Waals surface area contributed by atoms with Gasteiger partial charge in [0.25, 0.3) is 11.8 Å². The smallest absolute Gasteiger partial charge is 0.278 e. The van der Waals surface area contributed by atoms with E-state index in [1.165, 1.54) is 4.90 Å².